The lowest BCUT2D eigenvalue weighted by Crippen LogP contribution is -2.30. The molecule has 0 heterocycles. The van der Waals surface area contributed by atoms with E-state index in [0.29, 0.717) is 6.54 Å². The zero-order chi connectivity index (χ0) is 20.3. The van der Waals surface area contributed by atoms with Gasteiger partial charge < -0.3 is 10.6 Å². The SMILES string of the molecule is CCCCCCCCCCCCCCCCNC(=O)CNc1cccc(C)c1. The molecule has 1 aromatic carbocycles. The summed E-state index contributed by atoms with van der Waals surface area (Å²) in [5.41, 5.74) is 2.21. The van der Waals surface area contributed by atoms with E-state index in [2.05, 4.69) is 36.6 Å². The fourth-order valence-corrected chi connectivity index (χ4v) is 3.55. The first-order valence-electron chi connectivity index (χ1n) is 11.8. The van der Waals surface area contributed by atoms with E-state index in [4.69, 9.17) is 0 Å². The molecule has 0 aliphatic rings. The van der Waals surface area contributed by atoms with Crippen LogP contribution in [0.25, 0.3) is 0 Å². The number of benzene rings is 1. The summed E-state index contributed by atoms with van der Waals surface area (Å²) in [5, 5.41) is 6.18. The van der Waals surface area contributed by atoms with Crippen molar-refractivity contribution >= 4 is 11.6 Å². The second kappa shape index (κ2) is 17.6. The van der Waals surface area contributed by atoms with Crippen molar-refractivity contribution in [3.8, 4) is 0 Å². The maximum Gasteiger partial charge on any atom is 0.239 e. The molecule has 0 saturated carbocycles. The third-order valence-electron chi connectivity index (χ3n) is 5.32. The minimum absolute atomic E-state index is 0.0798. The molecule has 2 N–H and O–H groups in total. The number of hydrogen-bond donors (Lipinski definition) is 2. The molecule has 0 atom stereocenters. The van der Waals surface area contributed by atoms with Gasteiger partial charge in [-0.1, -0.05) is 103 Å². The van der Waals surface area contributed by atoms with Crippen LogP contribution in [0.15, 0.2) is 24.3 Å². The summed E-state index contributed by atoms with van der Waals surface area (Å²) in [6.45, 7) is 5.48. The highest BCUT2D eigenvalue weighted by Crippen LogP contribution is 2.13. The van der Waals surface area contributed by atoms with Gasteiger partial charge in [0.15, 0.2) is 0 Å². The summed E-state index contributed by atoms with van der Waals surface area (Å²) in [5.74, 6) is 0.0798. The van der Waals surface area contributed by atoms with Gasteiger partial charge in [0.25, 0.3) is 0 Å². The predicted molar refractivity (Wildman–Crippen MR) is 123 cm³/mol. The number of amides is 1. The molecule has 0 aromatic heterocycles. The van der Waals surface area contributed by atoms with Gasteiger partial charge in [0, 0.05) is 12.2 Å². The van der Waals surface area contributed by atoms with Gasteiger partial charge in [-0.3, -0.25) is 4.79 Å². The minimum atomic E-state index is 0.0798. The lowest BCUT2D eigenvalue weighted by atomic mass is 10.0. The molecular formula is C25H44N2O. The Morgan fingerprint density at radius 2 is 1.32 bits per heavy atom. The van der Waals surface area contributed by atoms with Gasteiger partial charge in [-0.05, 0) is 31.0 Å². The van der Waals surface area contributed by atoms with Crippen LogP contribution in [-0.2, 0) is 4.79 Å². The van der Waals surface area contributed by atoms with Crippen molar-refractivity contribution in [2.24, 2.45) is 0 Å². The van der Waals surface area contributed by atoms with Crippen LogP contribution in [0.3, 0.4) is 0 Å². The van der Waals surface area contributed by atoms with E-state index in [1.54, 1.807) is 0 Å². The molecule has 28 heavy (non-hydrogen) atoms. The molecule has 0 aliphatic heterocycles. The summed E-state index contributed by atoms with van der Waals surface area (Å²) in [7, 11) is 0. The highest BCUT2D eigenvalue weighted by atomic mass is 16.1. The van der Waals surface area contributed by atoms with Crippen molar-refractivity contribution in [2.45, 2.75) is 104 Å². The maximum atomic E-state index is 11.9. The second-order valence-corrected chi connectivity index (χ2v) is 8.17. The molecule has 0 aliphatic carbocycles. The van der Waals surface area contributed by atoms with Gasteiger partial charge in [-0.25, -0.2) is 0 Å². The molecule has 0 spiro atoms. The van der Waals surface area contributed by atoms with Crippen LogP contribution < -0.4 is 10.6 Å². The van der Waals surface area contributed by atoms with Gasteiger partial charge in [0.1, 0.15) is 0 Å². The topological polar surface area (TPSA) is 41.1 Å². The first kappa shape index (κ1) is 24.5. The van der Waals surface area contributed by atoms with Crippen LogP contribution in [0.2, 0.25) is 0 Å². The van der Waals surface area contributed by atoms with Gasteiger partial charge >= 0.3 is 0 Å². The molecule has 1 amide bonds. The molecule has 0 fully saturated rings. The highest BCUT2D eigenvalue weighted by Gasteiger charge is 2.00. The molecule has 0 unspecified atom stereocenters. The van der Waals surface area contributed by atoms with Crippen LogP contribution >= 0.6 is 0 Å². The Kier molecular flexibility index (Phi) is 15.4. The third kappa shape index (κ3) is 14.5. The van der Waals surface area contributed by atoms with Crippen LogP contribution in [0.1, 0.15) is 102 Å². The van der Waals surface area contributed by atoms with Crippen molar-refractivity contribution in [1.82, 2.24) is 5.32 Å². The highest BCUT2D eigenvalue weighted by molar-refractivity contribution is 5.80. The summed E-state index contributed by atoms with van der Waals surface area (Å²) < 4.78 is 0. The Bertz CT molecular complexity index is 501. The average molecular weight is 389 g/mol. The molecular weight excluding hydrogens is 344 g/mol. The Hall–Kier alpha value is -1.51. The molecule has 0 bridgehead atoms. The number of rotatable bonds is 18. The van der Waals surface area contributed by atoms with Crippen molar-refractivity contribution in [2.75, 3.05) is 18.4 Å². The number of nitrogens with one attached hydrogen (secondary N) is 2. The Labute approximate surface area is 174 Å². The Balaban J connectivity index is 1.80. The standard InChI is InChI=1S/C25H44N2O/c1-3-4-5-6-7-8-9-10-11-12-13-14-15-16-20-26-25(28)22-27-24-19-17-18-23(2)21-24/h17-19,21,27H,3-16,20,22H2,1-2H3,(H,26,28). The largest absolute Gasteiger partial charge is 0.376 e. The van der Waals surface area contributed by atoms with Crippen LogP contribution in [-0.4, -0.2) is 19.0 Å². The number of aryl methyl sites for hydroxylation is 1. The van der Waals surface area contributed by atoms with Crippen molar-refractivity contribution < 1.29 is 4.79 Å². The van der Waals surface area contributed by atoms with Crippen molar-refractivity contribution in [1.29, 1.82) is 0 Å². The molecule has 3 heteroatoms. The fourth-order valence-electron chi connectivity index (χ4n) is 3.55. The summed E-state index contributed by atoms with van der Waals surface area (Å²) in [6, 6.07) is 8.11. The zero-order valence-corrected chi connectivity index (χ0v) is 18.5. The number of anilines is 1. The smallest absolute Gasteiger partial charge is 0.239 e. The quantitative estimate of drug-likeness (QED) is 0.266. The van der Waals surface area contributed by atoms with Gasteiger partial charge in [-0.2, -0.15) is 0 Å². The molecule has 3 nitrogen and oxygen atoms in total. The van der Waals surface area contributed by atoms with E-state index in [1.807, 2.05) is 12.1 Å². The summed E-state index contributed by atoms with van der Waals surface area (Å²) in [6.07, 6.45) is 19.1. The summed E-state index contributed by atoms with van der Waals surface area (Å²) in [4.78, 5) is 11.9. The minimum Gasteiger partial charge on any atom is -0.376 e. The van der Waals surface area contributed by atoms with Gasteiger partial charge in [-0.15, -0.1) is 0 Å². The molecule has 160 valence electrons. The first-order valence-corrected chi connectivity index (χ1v) is 11.8. The van der Waals surface area contributed by atoms with E-state index in [9.17, 15) is 4.79 Å². The van der Waals surface area contributed by atoms with E-state index >= 15 is 0 Å². The number of carbonyl (C=O) groups is 1. The Morgan fingerprint density at radius 3 is 1.86 bits per heavy atom. The molecule has 0 saturated heterocycles. The van der Waals surface area contributed by atoms with E-state index < -0.39 is 0 Å². The second-order valence-electron chi connectivity index (χ2n) is 8.17. The molecule has 0 radical (unpaired) electrons. The first-order chi connectivity index (χ1) is 13.7. The Morgan fingerprint density at radius 1 is 0.786 bits per heavy atom. The zero-order valence-electron chi connectivity index (χ0n) is 18.5. The van der Waals surface area contributed by atoms with Crippen LogP contribution in [0.5, 0.6) is 0 Å². The average Bonchev–Trinajstić information content (AvgIpc) is 2.69. The third-order valence-corrected chi connectivity index (χ3v) is 5.32. The van der Waals surface area contributed by atoms with Crippen molar-refractivity contribution in [3.05, 3.63) is 29.8 Å². The number of carbonyl (C=O) groups excluding carboxylic acids is 1. The maximum absolute atomic E-state index is 11.9. The van der Waals surface area contributed by atoms with Crippen LogP contribution in [0, 0.1) is 6.92 Å². The normalized spacial score (nSPS) is 10.8. The van der Waals surface area contributed by atoms with E-state index in [0.717, 1.165) is 18.7 Å². The van der Waals surface area contributed by atoms with Gasteiger partial charge in [0.05, 0.1) is 6.54 Å². The summed E-state index contributed by atoms with van der Waals surface area (Å²) >= 11 is 0. The molecule has 1 rings (SSSR count). The van der Waals surface area contributed by atoms with Crippen molar-refractivity contribution in [3.63, 3.8) is 0 Å². The number of unbranched alkanes of at least 4 members (excludes halogenated alkanes) is 13. The lowest BCUT2D eigenvalue weighted by Gasteiger charge is -2.08. The van der Waals surface area contributed by atoms with E-state index in [-0.39, 0.29) is 5.91 Å². The number of hydrogen-bond acceptors (Lipinski definition) is 2. The monoisotopic (exact) mass is 388 g/mol. The lowest BCUT2D eigenvalue weighted by molar-refractivity contribution is -0.119. The predicted octanol–water partition coefficient (Wildman–Crippen LogP) is 7.00. The van der Waals surface area contributed by atoms with Gasteiger partial charge in [0.2, 0.25) is 5.91 Å². The fraction of sp³-hybridized carbons (Fsp3) is 0.720. The molecule has 1 aromatic rings. The van der Waals surface area contributed by atoms with Crippen LogP contribution in [0.4, 0.5) is 5.69 Å². The van der Waals surface area contributed by atoms with E-state index in [1.165, 1.54) is 89.0 Å².